The Morgan fingerprint density at radius 1 is 1.38 bits per heavy atom. The number of nitrogens with zero attached hydrogens (tertiary/aromatic N) is 3. The van der Waals surface area contributed by atoms with E-state index in [4.69, 9.17) is 22.5 Å². The lowest BCUT2D eigenvalue weighted by Crippen LogP contribution is -2.17. The topological polar surface area (TPSA) is 89.9 Å². The molecule has 10 heteroatoms. The molecule has 0 aliphatic carbocycles. The fraction of sp³-hybridized carbons (Fsp3) is 0.273. The summed E-state index contributed by atoms with van der Waals surface area (Å²) in [5.41, 5.74) is 4.62. The predicted octanol–water partition coefficient (Wildman–Crippen LogP) is 2.04. The molecule has 0 bridgehead atoms. The van der Waals surface area contributed by atoms with Gasteiger partial charge in [0.25, 0.3) is 0 Å². The highest BCUT2D eigenvalue weighted by Gasteiger charge is 2.33. The van der Waals surface area contributed by atoms with Crippen molar-refractivity contribution >= 4 is 23.0 Å². The summed E-state index contributed by atoms with van der Waals surface area (Å²) in [6.45, 7) is 1.63. The lowest BCUT2D eigenvalue weighted by atomic mass is 10.2. The van der Waals surface area contributed by atoms with E-state index in [2.05, 4.69) is 20.4 Å². The summed E-state index contributed by atoms with van der Waals surface area (Å²) in [5.74, 6) is 0.534. The molecule has 0 unspecified atom stereocenters. The Morgan fingerprint density at radius 3 is 2.62 bits per heavy atom. The van der Waals surface area contributed by atoms with Crippen molar-refractivity contribution in [2.24, 2.45) is 5.73 Å². The number of aromatic nitrogens is 3. The number of nitrogens with two attached hydrogens (primary N) is 1. The molecule has 0 spiro atoms. The van der Waals surface area contributed by atoms with E-state index in [1.165, 1.54) is 6.07 Å². The molecule has 2 rings (SSSR count). The average Bonchev–Trinajstić information content (AvgIpc) is 2.80. The highest BCUT2D eigenvalue weighted by atomic mass is 32.1. The molecule has 0 aromatic carbocycles. The number of nitrogens with one attached hydrogen (secondary N) is 1. The summed E-state index contributed by atoms with van der Waals surface area (Å²) in [4.78, 5) is 7.34. The van der Waals surface area contributed by atoms with E-state index >= 15 is 0 Å². The third-order valence-corrected chi connectivity index (χ3v) is 2.65. The van der Waals surface area contributed by atoms with Crippen molar-refractivity contribution in [2.45, 2.75) is 19.6 Å². The number of anilines is 1. The van der Waals surface area contributed by atoms with Crippen molar-refractivity contribution in [1.29, 1.82) is 0 Å². The molecule has 6 nitrogen and oxygen atoms in total. The fourth-order valence-corrected chi connectivity index (χ4v) is 1.69. The predicted molar refractivity (Wildman–Crippen MR) is 71.5 cm³/mol. The first-order valence-electron chi connectivity index (χ1n) is 5.68. The maximum atomic E-state index is 12.7. The van der Waals surface area contributed by atoms with Crippen LogP contribution in [-0.2, 0) is 12.7 Å². The highest BCUT2D eigenvalue weighted by molar-refractivity contribution is 7.80. The summed E-state index contributed by atoms with van der Waals surface area (Å²) in [6.07, 6.45) is -4.56. The van der Waals surface area contributed by atoms with Crippen LogP contribution < -0.4 is 11.1 Å². The zero-order valence-electron chi connectivity index (χ0n) is 10.7. The van der Waals surface area contributed by atoms with Gasteiger partial charge in [-0.25, -0.2) is 4.98 Å². The third kappa shape index (κ3) is 3.66. The molecule has 0 saturated heterocycles. The largest absolute Gasteiger partial charge is 0.433 e. The second-order valence-corrected chi connectivity index (χ2v) is 4.48. The number of alkyl halides is 3. The minimum absolute atomic E-state index is 0.00473. The van der Waals surface area contributed by atoms with Gasteiger partial charge < -0.3 is 15.6 Å². The average molecular weight is 317 g/mol. The number of halogens is 3. The molecule has 3 N–H and O–H groups in total. The standard InChI is InChI=1S/C11H10F3N5OS/c1-5-17-8(20-19-5)4-16-10-6(9(15)21)2-3-7(18-10)11(12,13)14/h2-3H,4H2,1H3,(H2,15,21)(H,16,18). The number of hydrogen-bond acceptors (Lipinski definition) is 6. The van der Waals surface area contributed by atoms with Crippen LogP contribution in [0.2, 0.25) is 0 Å². The van der Waals surface area contributed by atoms with Crippen LogP contribution in [0.25, 0.3) is 0 Å². The van der Waals surface area contributed by atoms with Gasteiger partial charge in [-0.2, -0.15) is 18.2 Å². The Hall–Kier alpha value is -2.23. The molecular weight excluding hydrogens is 307 g/mol. The van der Waals surface area contributed by atoms with Crippen molar-refractivity contribution in [3.05, 3.63) is 35.1 Å². The Bertz CT molecular complexity index is 670. The number of aryl methyl sites for hydroxylation is 1. The van der Waals surface area contributed by atoms with Crippen molar-refractivity contribution < 1.29 is 17.7 Å². The molecular formula is C11H10F3N5OS. The van der Waals surface area contributed by atoms with Gasteiger partial charge >= 0.3 is 6.18 Å². The van der Waals surface area contributed by atoms with Crippen molar-refractivity contribution in [1.82, 2.24) is 15.1 Å². The van der Waals surface area contributed by atoms with Crippen LogP contribution >= 0.6 is 12.2 Å². The van der Waals surface area contributed by atoms with Crippen LogP contribution in [-0.4, -0.2) is 20.1 Å². The maximum Gasteiger partial charge on any atom is 0.433 e. The second kappa shape index (κ2) is 5.64. The van der Waals surface area contributed by atoms with Gasteiger partial charge in [0, 0.05) is 0 Å². The van der Waals surface area contributed by atoms with E-state index in [-0.39, 0.29) is 28.8 Å². The zero-order valence-corrected chi connectivity index (χ0v) is 11.5. The molecule has 2 heterocycles. The Morgan fingerprint density at radius 2 is 2.10 bits per heavy atom. The number of hydrogen-bond donors (Lipinski definition) is 2. The highest BCUT2D eigenvalue weighted by Crippen LogP contribution is 2.29. The molecule has 2 aromatic rings. The van der Waals surface area contributed by atoms with Crippen LogP contribution in [0.4, 0.5) is 19.0 Å². The summed E-state index contributed by atoms with van der Waals surface area (Å²) in [7, 11) is 0. The van der Waals surface area contributed by atoms with Gasteiger partial charge in [0.05, 0.1) is 12.1 Å². The van der Waals surface area contributed by atoms with E-state index in [9.17, 15) is 13.2 Å². The van der Waals surface area contributed by atoms with E-state index in [1.54, 1.807) is 6.92 Å². The number of pyridine rings is 1. The number of thiocarbonyl (C=S) groups is 1. The van der Waals surface area contributed by atoms with Crippen LogP contribution in [0.1, 0.15) is 23.0 Å². The molecule has 0 radical (unpaired) electrons. The first-order chi connectivity index (χ1) is 9.77. The van der Waals surface area contributed by atoms with E-state index in [1.807, 2.05) is 0 Å². The summed E-state index contributed by atoms with van der Waals surface area (Å²) in [5, 5.41) is 6.23. The van der Waals surface area contributed by atoms with Crippen molar-refractivity contribution in [2.75, 3.05) is 5.32 Å². The fourth-order valence-electron chi connectivity index (χ4n) is 1.52. The molecule has 0 saturated carbocycles. The maximum absolute atomic E-state index is 12.7. The lowest BCUT2D eigenvalue weighted by Gasteiger charge is -2.12. The molecule has 0 aliphatic heterocycles. The minimum Gasteiger partial charge on any atom is -0.389 e. The molecule has 2 aromatic heterocycles. The molecule has 0 fully saturated rings. The van der Waals surface area contributed by atoms with Crippen LogP contribution in [0.5, 0.6) is 0 Å². The van der Waals surface area contributed by atoms with E-state index < -0.39 is 11.9 Å². The van der Waals surface area contributed by atoms with Gasteiger partial charge in [0.15, 0.2) is 5.82 Å². The van der Waals surface area contributed by atoms with Gasteiger partial charge in [-0.1, -0.05) is 17.4 Å². The molecule has 0 aliphatic rings. The molecule has 21 heavy (non-hydrogen) atoms. The molecule has 0 atom stereocenters. The lowest BCUT2D eigenvalue weighted by molar-refractivity contribution is -0.141. The normalized spacial score (nSPS) is 11.4. The SMILES string of the molecule is Cc1noc(CNc2nc(C(F)(F)F)ccc2C(N)=S)n1. The first-order valence-corrected chi connectivity index (χ1v) is 6.09. The monoisotopic (exact) mass is 317 g/mol. The van der Waals surface area contributed by atoms with Crippen LogP contribution in [0, 0.1) is 6.92 Å². The smallest absolute Gasteiger partial charge is 0.389 e. The Labute approximate surface area is 122 Å². The van der Waals surface area contributed by atoms with Gasteiger partial charge in [-0.05, 0) is 19.1 Å². The Balaban J connectivity index is 2.28. The number of rotatable bonds is 4. The zero-order chi connectivity index (χ0) is 15.6. The van der Waals surface area contributed by atoms with Crippen molar-refractivity contribution in [3.8, 4) is 0 Å². The van der Waals surface area contributed by atoms with Gasteiger partial charge in [0.2, 0.25) is 5.89 Å². The van der Waals surface area contributed by atoms with Crippen molar-refractivity contribution in [3.63, 3.8) is 0 Å². The molecule has 112 valence electrons. The third-order valence-electron chi connectivity index (χ3n) is 2.43. The second-order valence-electron chi connectivity index (χ2n) is 4.04. The van der Waals surface area contributed by atoms with Gasteiger partial charge in [0.1, 0.15) is 16.5 Å². The summed E-state index contributed by atoms with van der Waals surface area (Å²) < 4.78 is 42.9. The van der Waals surface area contributed by atoms with E-state index in [0.717, 1.165) is 6.07 Å². The van der Waals surface area contributed by atoms with E-state index in [0.29, 0.717) is 5.82 Å². The minimum atomic E-state index is -4.56. The van der Waals surface area contributed by atoms with Gasteiger partial charge in [-0.15, -0.1) is 0 Å². The quantitative estimate of drug-likeness (QED) is 0.834. The van der Waals surface area contributed by atoms with Gasteiger partial charge in [-0.3, -0.25) is 0 Å². The van der Waals surface area contributed by atoms with Crippen LogP contribution in [0.15, 0.2) is 16.7 Å². The van der Waals surface area contributed by atoms with Crippen LogP contribution in [0.3, 0.4) is 0 Å². The molecule has 0 amide bonds. The first kappa shape index (κ1) is 15.2. The summed E-state index contributed by atoms with van der Waals surface area (Å²) in [6, 6.07) is 1.98. The Kier molecular flexibility index (Phi) is 4.07. The summed E-state index contributed by atoms with van der Waals surface area (Å²) >= 11 is 4.79.